The van der Waals surface area contributed by atoms with Crippen LogP contribution in [-0.4, -0.2) is 8.75 Å². The molecule has 0 aliphatic carbocycles. The van der Waals surface area contributed by atoms with Crippen molar-refractivity contribution in [1.29, 1.82) is 0 Å². The van der Waals surface area contributed by atoms with Gasteiger partial charge in [-0.2, -0.15) is 8.75 Å². The molecule has 0 bridgehead atoms. The quantitative estimate of drug-likeness (QED) is 0.0472. The summed E-state index contributed by atoms with van der Waals surface area (Å²) in [5, 5.41) is 0. The largest absolute Gasteiger partial charge is 0.203 e. The van der Waals surface area contributed by atoms with Crippen molar-refractivity contribution in [3.8, 4) is 20.9 Å². The van der Waals surface area contributed by atoms with E-state index in [0.29, 0.717) is 22.9 Å². The van der Waals surface area contributed by atoms with Gasteiger partial charge in [0.05, 0.1) is 22.9 Å². The van der Waals surface area contributed by atoms with E-state index in [0.717, 1.165) is 34.3 Å². The Bertz CT molecular complexity index is 1670. The molecule has 0 fully saturated rings. The van der Waals surface area contributed by atoms with Crippen LogP contribution < -0.4 is 0 Å². The van der Waals surface area contributed by atoms with Crippen LogP contribution in [0, 0.1) is 37.3 Å². The number of aryl methyl sites for hydroxylation is 2. The van der Waals surface area contributed by atoms with Gasteiger partial charge in [0, 0.05) is 19.5 Å². The van der Waals surface area contributed by atoms with E-state index in [1.807, 2.05) is 0 Å². The molecule has 1 aromatic carbocycles. The summed E-state index contributed by atoms with van der Waals surface area (Å²) in [6.45, 7) is 13.4. The summed E-state index contributed by atoms with van der Waals surface area (Å²) >= 11 is 4.22. The molecule has 0 spiro atoms. The maximum absolute atomic E-state index is 16.5. The van der Waals surface area contributed by atoms with Gasteiger partial charge in [-0.1, -0.05) is 188 Å². The summed E-state index contributed by atoms with van der Waals surface area (Å²) < 4.78 is 42.1. The average molecular weight is 827 g/mol. The van der Waals surface area contributed by atoms with Crippen molar-refractivity contribution in [2.75, 3.05) is 0 Å². The Morgan fingerprint density at radius 1 is 0.500 bits per heavy atom. The van der Waals surface area contributed by atoms with Gasteiger partial charge in [-0.25, -0.2) is 8.78 Å². The molecule has 7 heteroatoms. The van der Waals surface area contributed by atoms with Crippen molar-refractivity contribution in [2.45, 2.75) is 215 Å². The number of fused-ring (bicyclic) bond motifs is 1. The number of thiophene rings is 2. The highest BCUT2D eigenvalue weighted by atomic mass is 32.1. The molecule has 56 heavy (non-hydrogen) atoms. The number of hydrogen-bond acceptors (Lipinski definition) is 5. The minimum absolute atomic E-state index is 0.281. The van der Waals surface area contributed by atoms with Crippen molar-refractivity contribution < 1.29 is 8.78 Å². The monoisotopic (exact) mass is 827 g/mol. The predicted molar refractivity (Wildman–Crippen MR) is 246 cm³/mol. The fourth-order valence-corrected chi connectivity index (χ4v) is 11.4. The van der Waals surface area contributed by atoms with Crippen LogP contribution in [0.4, 0.5) is 8.78 Å². The van der Waals surface area contributed by atoms with Crippen LogP contribution >= 0.6 is 34.4 Å². The normalized spacial score (nSPS) is 13.0. The second kappa shape index (κ2) is 26.4. The van der Waals surface area contributed by atoms with Crippen LogP contribution in [0.3, 0.4) is 0 Å². The number of halogens is 2. The molecule has 0 radical (unpaired) electrons. The van der Waals surface area contributed by atoms with Crippen LogP contribution in [0.2, 0.25) is 0 Å². The first-order chi connectivity index (χ1) is 27.3. The third-order valence-corrected chi connectivity index (χ3v) is 14.9. The van der Waals surface area contributed by atoms with Crippen molar-refractivity contribution in [3.05, 3.63) is 44.6 Å². The summed E-state index contributed by atoms with van der Waals surface area (Å²) in [5.41, 5.74) is 4.10. The highest BCUT2D eigenvalue weighted by molar-refractivity contribution is 7.16. The lowest BCUT2D eigenvalue weighted by molar-refractivity contribution is 0.400. The number of rotatable bonds is 31. The molecule has 0 amide bonds. The highest BCUT2D eigenvalue weighted by Gasteiger charge is 2.28. The molecule has 0 saturated heterocycles. The van der Waals surface area contributed by atoms with Gasteiger partial charge in [-0.3, -0.25) is 0 Å². The molecular weight excluding hydrogens is 751 g/mol. The Morgan fingerprint density at radius 3 is 1.27 bits per heavy atom. The minimum atomic E-state index is -0.789. The molecule has 0 aliphatic rings. The number of benzene rings is 1. The first-order valence-corrected chi connectivity index (χ1v) is 25.5. The molecule has 0 saturated carbocycles. The zero-order chi connectivity index (χ0) is 40.1. The summed E-state index contributed by atoms with van der Waals surface area (Å²) in [4.78, 5) is 3.94. The Kier molecular flexibility index (Phi) is 22.2. The van der Waals surface area contributed by atoms with Crippen LogP contribution in [0.5, 0.6) is 0 Å². The summed E-state index contributed by atoms with van der Waals surface area (Å²) in [6, 6.07) is 4.25. The van der Waals surface area contributed by atoms with Crippen LogP contribution in [0.15, 0.2) is 12.1 Å². The average Bonchev–Trinajstić information content (AvgIpc) is 3.90. The SMILES string of the molecule is CCCCCCCCCCC(C)Cc1cc(-c2c(F)c(F)c(-c3cc(CC(CCCCCCCC)CCCCCCCCCC)c(C)s3)c3nsnc23)sc1C. The van der Waals surface area contributed by atoms with E-state index in [1.165, 1.54) is 181 Å². The first kappa shape index (κ1) is 47.0. The lowest BCUT2D eigenvalue weighted by Crippen LogP contribution is -2.05. The molecule has 4 rings (SSSR count). The molecule has 3 aromatic heterocycles. The topological polar surface area (TPSA) is 25.8 Å². The minimum Gasteiger partial charge on any atom is -0.203 e. The Hall–Kier alpha value is -1.70. The molecular formula is C49H76F2N2S3. The maximum atomic E-state index is 16.5. The third-order valence-electron chi connectivity index (χ3n) is 12.2. The molecule has 2 atom stereocenters. The van der Waals surface area contributed by atoms with Crippen molar-refractivity contribution in [1.82, 2.24) is 8.75 Å². The smallest absolute Gasteiger partial charge is 0.170 e. The van der Waals surface area contributed by atoms with Crippen LogP contribution in [-0.2, 0) is 12.8 Å². The maximum Gasteiger partial charge on any atom is 0.170 e. The third kappa shape index (κ3) is 14.8. The van der Waals surface area contributed by atoms with Gasteiger partial charge in [-0.05, 0) is 61.8 Å². The molecule has 2 unspecified atom stereocenters. The fraction of sp³-hybridized carbons (Fsp3) is 0.714. The zero-order valence-electron chi connectivity index (χ0n) is 36.3. The lowest BCUT2D eigenvalue weighted by Gasteiger charge is -2.17. The number of nitrogens with zero attached hydrogens (tertiary/aromatic N) is 2. The van der Waals surface area contributed by atoms with E-state index >= 15 is 8.78 Å². The molecule has 3 heterocycles. The van der Waals surface area contributed by atoms with Gasteiger partial charge in [0.15, 0.2) is 11.6 Å². The van der Waals surface area contributed by atoms with E-state index in [1.54, 1.807) is 22.7 Å². The molecule has 0 aliphatic heterocycles. The van der Waals surface area contributed by atoms with Gasteiger partial charge in [-0.15, -0.1) is 22.7 Å². The van der Waals surface area contributed by atoms with Crippen LogP contribution in [0.1, 0.15) is 209 Å². The summed E-state index contributed by atoms with van der Waals surface area (Å²) in [6.07, 6.45) is 35.0. The van der Waals surface area contributed by atoms with Crippen LogP contribution in [0.25, 0.3) is 31.9 Å². The highest BCUT2D eigenvalue weighted by Crippen LogP contribution is 2.45. The van der Waals surface area contributed by atoms with E-state index in [-0.39, 0.29) is 11.1 Å². The van der Waals surface area contributed by atoms with E-state index in [4.69, 9.17) is 0 Å². The number of hydrogen-bond donors (Lipinski definition) is 0. The van der Waals surface area contributed by atoms with Crippen molar-refractivity contribution >= 4 is 45.4 Å². The van der Waals surface area contributed by atoms with Gasteiger partial charge in [0.25, 0.3) is 0 Å². The summed E-state index contributed by atoms with van der Waals surface area (Å²) in [7, 11) is 0. The molecule has 2 nitrogen and oxygen atoms in total. The Morgan fingerprint density at radius 2 is 0.857 bits per heavy atom. The number of aromatic nitrogens is 2. The summed E-state index contributed by atoms with van der Waals surface area (Å²) in [5.74, 6) is -0.385. The van der Waals surface area contributed by atoms with Crippen molar-refractivity contribution in [2.24, 2.45) is 11.8 Å². The second-order valence-electron chi connectivity index (χ2n) is 17.2. The van der Waals surface area contributed by atoms with Gasteiger partial charge in [0.2, 0.25) is 0 Å². The molecule has 4 aromatic rings. The zero-order valence-corrected chi connectivity index (χ0v) is 38.7. The second-order valence-corrected chi connectivity index (χ2v) is 20.2. The Balaban J connectivity index is 1.45. The number of unbranched alkanes of at least 4 members (excludes halogenated alkanes) is 19. The van der Waals surface area contributed by atoms with Gasteiger partial charge < -0.3 is 0 Å². The van der Waals surface area contributed by atoms with Gasteiger partial charge in [0.1, 0.15) is 11.0 Å². The molecule has 314 valence electrons. The van der Waals surface area contributed by atoms with Crippen molar-refractivity contribution in [3.63, 3.8) is 0 Å². The van der Waals surface area contributed by atoms with E-state index in [9.17, 15) is 0 Å². The van der Waals surface area contributed by atoms with E-state index in [2.05, 4.69) is 62.4 Å². The van der Waals surface area contributed by atoms with E-state index < -0.39 is 11.6 Å². The first-order valence-electron chi connectivity index (χ1n) is 23.1. The Labute approximate surface area is 353 Å². The predicted octanol–water partition coefficient (Wildman–Crippen LogP) is 18.2. The molecule has 0 N–H and O–H groups in total. The fourth-order valence-electron chi connectivity index (χ4n) is 8.63. The van der Waals surface area contributed by atoms with Gasteiger partial charge >= 0.3 is 0 Å². The lowest BCUT2D eigenvalue weighted by atomic mass is 9.88. The standard InChI is InChI=1S/C49H76F2N2S3/c1-7-10-13-16-19-21-23-26-29-36(4)32-40-34-42(54-37(40)5)44-46(50)47(51)45(49-48(44)52-56-53-49)43-35-41(38(6)55-43)33-39(30-27-24-18-15-12-9-3)31-28-25-22-20-17-14-11-8-2/h34-36,39H,7-33H2,1-6H3.